The number of pyridine rings is 1. The molecule has 7 heteroatoms. The number of benzene rings is 1. The van der Waals surface area contributed by atoms with Crippen molar-refractivity contribution >= 4 is 28.3 Å². The number of aromatic nitrogens is 3. The molecule has 2 aliphatic rings. The molecule has 1 aliphatic heterocycles. The summed E-state index contributed by atoms with van der Waals surface area (Å²) in [7, 11) is 1.91. The summed E-state index contributed by atoms with van der Waals surface area (Å²) in [5, 5.41) is 4.03. The summed E-state index contributed by atoms with van der Waals surface area (Å²) < 4.78 is 6.16. The predicted octanol–water partition coefficient (Wildman–Crippen LogP) is 5.42. The fourth-order valence-corrected chi connectivity index (χ4v) is 4.21. The lowest BCUT2D eigenvalue weighted by atomic mass is 9.80. The standard InChI is InChI=1S/C23H25N5O2.3CH4/c1-13-21-22(28(3)14(2)23(29)27-21)26-20(25-13)11-15-9-18(10-15)30-17-6-7-19-16(12-17)5-4-8-24-19;;;/h4-8,12,14-15,18H,9-11H2,1-3H3,(H,27,29);3*1H4/t14-,15?,18?;;;/m0.../s1. The van der Waals surface area contributed by atoms with Crippen molar-refractivity contribution in [1.29, 1.82) is 0 Å². The number of aryl methyl sites for hydroxylation is 1. The van der Waals surface area contributed by atoms with E-state index in [0.29, 0.717) is 5.92 Å². The number of fused-ring (bicyclic) bond motifs is 2. The predicted molar refractivity (Wildman–Crippen MR) is 136 cm³/mol. The number of ether oxygens (including phenoxy) is 1. The van der Waals surface area contributed by atoms with E-state index >= 15 is 0 Å². The molecule has 1 aliphatic carbocycles. The molecular formula is C26H37N5O2. The first kappa shape index (κ1) is 26.0. The number of hydrogen-bond acceptors (Lipinski definition) is 6. The second kappa shape index (κ2) is 10.1. The number of amides is 1. The first-order chi connectivity index (χ1) is 14.5. The van der Waals surface area contributed by atoms with Crippen LogP contribution < -0.4 is 15.0 Å². The van der Waals surface area contributed by atoms with Crippen LogP contribution in [0.1, 0.15) is 53.6 Å². The number of carbonyl (C=O) groups excluding carboxylic acids is 1. The van der Waals surface area contributed by atoms with Gasteiger partial charge in [-0.05, 0) is 56.9 Å². The van der Waals surface area contributed by atoms with Gasteiger partial charge in [-0.3, -0.25) is 9.78 Å². The molecule has 2 aromatic heterocycles. The monoisotopic (exact) mass is 451 g/mol. The van der Waals surface area contributed by atoms with Gasteiger partial charge in [0.15, 0.2) is 5.82 Å². The molecule has 1 N–H and O–H groups in total. The largest absolute Gasteiger partial charge is 0.490 e. The highest BCUT2D eigenvalue weighted by atomic mass is 16.5. The van der Waals surface area contributed by atoms with E-state index in [1.807, 2.05) is 44.0 Å². The van der Waals surface area contributed by atoms with Crippen molar-refractivity contribution in [2.75, 3.05) is 17.3 Å². The zero-order chi connectivity index (χ0) is 20.8. The Morgan fingerprint density at radius 2 is 1.91 bits per heavy atom. The summed E-state index contributed by atoms with van der Waals surface area (Å²) >= 11 is 0. The van der Waals surface area contributed by atoms with Crippen LogP contribution in [0.2, 0.25) is 0 Å². The molecule has 0 bridgehead atoms. The number of likely N-dealkylation sites (N-methyl/N-ethyl adjacent to an activating group) is 1. The highest BCUT2D eigenvalue weighted by molar-refractivity contribution is 6.02. The van der Waals surface area contributed by atoms with E-state index in [0.717, 1.165) is 58.9 Å². The summed E-state index contributed by atoms with van der Waals surface area (Å²) in [5.74, 6) is 3.03. The van der Waals surface area contributed by atoms with Gasteiger partial charge < -0.3 is 15.0 Å². The molecular weight excluding hydrogens is 414 g/mol. The molecule has 5 rings (SSSR count). The normalized spacial score (nSPS) is 20.9. The average Bonchev–Trinajstić information content (AvgIpc) is 2.71. The average molecular weight is 452 g/mol. The Morgan fingerprint density at radius 1 is 1.15 bits per heavy atom. The lowest BCUT2D eigenvalue weighted by Crippen LogP contribution is -2.45. The van der Waals surface area contributed by atoms with Gasteiger partial charge in [0.2, 0.25) is 5.91 Å². The van der Waals surface area contributed by atoms with Crippen molar-refractivity contribution in [3.63, 3.8) is 0 Å². The van der Waals surface area contributed by atoms with Gasteiger partial charge in [0.05, 0.1) is 17.3 Å². The molecule has 0 radical (unpaired) electrons. The van der Waals surface area contributed by atoms with Crippen LogP contribution >= 0.6 is 0 Å². The van der Waals surface area contributed by atoms with Crippen molar-refractivity contribution in [3.8, 4) is 5.75 Å². The molecule has 0 saturated heterocycles. The summed E-state index contributed by atoms with van der Waals surface area (Å²) in [6, 6.07) is 9.80. The molecule has 1 saturated carbocycles. The van der Waals surface area contributed by atoms with Crippen LogP contribution in [-0.2, 0) is 11.2 Å². The minimum Gasteiger partial charge on any atom is -0.490 e. The van der Waals surface area contributed by atoms with Gasteiger partial charge in [0.1, 0.15) is 23.3 Å². The SMILES string of the molecule is C.C.C.Cc1nc(CC2CC(Oc3ccc4ncccc4c3)C2)nc2c1NC(=O)[C@H](C)N2C. The van der Waals surface area contributed by atoms with Crippen molar-refractivity contribution in [2.24, 2.45) is 5.92 Å². The van der Waals surface area contributed by atoms with Crippen LogP contribution in [0, 0.1) is 12.8 Å². The molecule has 3 aromatic rings. The van der Waals surface area contributed by atoms with E-state index in [-0.39, 0.29) is 40.3 Å². The maximum atomic E-state index is 12.1. The Labute approximate surface area is 197 Å². The van der Waals surface area contributed by atoms with Gasteiger partial charge in [0, 0.05) is 25.1 Å². The lowest BCUT2D eigenvalue weighted by Gasteiger charge is -2.36. The second-order valence-electron chi connectivity index (χ2n) is 8.34. The van der Waals surface area contributed by atoms with E-state index in [1.54, 1.807) is 6.20 Å². The van der Waals surface area contributed by atoms with Crippen molar-refractivity contribution < 1.29 is 9.53 Å². The third-order valence-corrected chi connectivity index (χ3v) is 6.20. The second-order valence-corrected chi connectivity index (χ2v) is 8.34. The molecule has 7 nitrogen and oxygen atoms in total. The van der Waals surface area contributed by atoms with E-state index < -0.39 is 0 Å². The van der Waals surface area contributed by atoms with E-state index in [4.69, 9.17) is 9.72 Å². The van der Waals surface area contributed by atoms with Gasteiger partial charge in [0.25, 0.3) is 0 Å². The fourth-order valence-electron chi connectivity index (χ4n) is 4.21. The number of nitrogens with zero attached hydrogens (tertiary/aromatic N) is 4. The van der Waals surface area contributed by atoms with Crippen molar-refractivity contribution in [2.45, 2.75) is 67.5 Å². The first-order valence-electron chi connectivity index (χ1n) is 10.4. The Kier molecular flexibility index (Phi) is 8.01. The summed E-state index contributed by atoms with van der Waals surface area (Å²) in [6.45, 7) is 3.81. The molecule has 1 aromatic carbocycles. The number of rotatable bonds is 4. The molecule has 178 valence electrons. The Morgan fingerprint density at radius 3 is 2.67 bits per heavy atom. The fraction of sp³-hybridized carbons (Fsp3) is 0.462. The molecule has 1 atom stereocenters. The lowest BCUT2D eigenvalue weighted by molar-refractivity contribution is -0.117. The van der Waals surface area contributed by atoms with Gasteiger partial charge >= 0.3 is 0 Å². The number of nitrogens with one attached hydrogen (secondary N) is 1. The quantitative estimate of drug-likeness (QED) is 0.571. The van der Waals surface area contributed by atoms with Gasteiger partial charge in [-0.2, -0.15) is 0 Å². The number of anilines is 2. The zero-order valence-corrected chi connectivity index (χ0v) is 17.4. The highest BCUT2D eigenvalue weighted by Gasteiger charge is 2.34. The smallest absolute Gasteiger partial charge is 0.246 e. The Bertz CT molecular complexity index is 1130. The van der Waals surface area contributed by atoms with Crippen LogP contribution in [0.5, 0.6) is 5.75 Å². The molecule has 0 spiro atoms. The minimum absolute atomic E-state index is 0. The first-order valence-corrected chi connectivity index (χ1v) is 10.4. The molecule has 33 heavy (non-hydrogen) atoms. The number of hydrogen-bond donors (Lipinski definition) is 1. The van der Waals surface area contributed by atoms with Gasteiger partial charge in [-0.15, -0.1) is 0 Å². The Balaban J connectivity index is 0.00000128. The summed E-state index contributed by atoms with van der Waals surface area (Å²) in [6.07, 6.45) is 4.84. The maximum absolute atomic E-state index is 12.1. The van der Waals surface area contributed by atoms with Crippen LogP contribution in [0.15, 0.2) is 36.5 Å². The zero-order valence-electron chi connectivity index (χ0n) is 17.4. The molecule has 1 fully saturated rings. The number of carbonyl (C=O) groups is 1. The third kappa shape index (κ3) is 4.92. The van der Waals surface area contributed by atoms with E-state index in [9.17, 15) is 4.79 Å². The van der Waals surface area contributed by atoms with E-state index in [2.05, 4.69) is 27.4 Å². The van der Waals surface area contributed by atoms with Gasteiger partial charge in [-0.1, -0.05) is 28.3 Å². The summed E-state index contributed by atoms with van der Waals surface area (Å²) in [5.41, 5.74) is 2.52. The Hall–Kier alpha value is -3.22. The maximum Gasteiger partial charge on any atom is 0.246 e. The molecule has 3 heterocycles. The van der Waals surface area contributed by atoms with Crippen molar-refractivity contribution in [1.82, 2.24) is 15.0 Å². The highest BCUT2D eigenvalue weighted by Crippen LogP contribution is 2.36. The topological polar surface area (TPSA) is 80.2 Å². The van der Waals surface area contributed by atoms with E-state index in [1.165, 1.54) is 0 Å². The van der Waals surface area contributed by atoms with Crippen LogP contribution in [0.25, 0.3) is 10.9 Å². The third-order valence-electron chi connectivity index (χ3n) is 6.20. The summed E-state index contributed by atoms with van der Waals surface area (Å²) in [4.78, 5) is 27.7. The van der Waals surface area contributed by atoms with Crippen LogP contribution in [0.3, 0.4) is 0 Å². The molecule has 1 amide bonds. The molecule has 0 unspecified atom stereocenters. The van der Waals surface area contributed by atoms with Gasteiger partial charge in [-0.25, -0.2) is 9.97 Å². The van der Waals surface area contributed by atoms with Crippen molar-refractivity contribution in [3.05, 3.63) is 48.0 Å². The van der Waals surface area contributed by atoms with Crippen LogP contribution in [0.4, 0.5) is 11.5 Å². The minimum atomic E-state index is -0.238. The van der Waals surface area contributed by atoms with Crippen LogP contribution in [-0.4, -0.2) is 40.1 Å².